The molecule has 0 aliphatic rings. The first-order chi connectivity index (χ1) is 7.38. The van der Waals surface area contributed by atoms with E-state index in [0.717, 1.165) is 10.9 Å². The molecule has 1 unspecified atom stereocenters. The van der Waals surface area contributed by atoms with Gasteiger partial charge in [-0.3, -0.25) is 0 Å². The molecule has 1 aromatic heterocycles. The molecule has 1 rings (SSSR count). The van der Waals surface area contributed by atoms with Crippen molar-refractivity contribution in [2.45, 2.75) is 49.7 Å². The largest absolute Gasteiger partial charge is 0.311 e. The Labute approximate surface area is 106 Å². The molecule has 0 aliphatic heterocycles. The minimum atomic E-state index is 0.175. The molecule has 0 fully saturated rings. The molecule has 0 amide bonds. The topological polar surface area (TPSA) is 37.8 Å². The second kappa shape index (κ2) is 5.98. The lowest BCUT2D eigenvalue weighted by Crippen LogP contribution is -2.41. The maximum Gasteiger partial charge on any atom is 0.174 e. The molecular weight excluding hydrogens is 238 g/mol. The van der Waals surface area contributed by atoms with E-state index in [1.807, 2.05) is 11.8 Å². The Kier molecular flexibility index (Phi) is 5.21. The van der Waals surface area contributed by atoms with Gasteiger partial charge in [-0.2, -0.15) is 0 Å². The number of hydrogen-bond donors (Lipinski definition) is 1. The maximum absolute atomic E-state index is 4.09. The first-order valence-corrected chi connectivity index (χ1v) is 7.32. The molecule has 1 heterocycles. The van der Waals surface area contributed by atoms with Gasteiger partial charge in [0.1, 0.15) is 5.51 Å². The molecule has 0 radical (unpaired) electrons. The van der Waals surface area contributed by atoms with E-state index >= 15 is 0 Å². The Balaban J connectivity index is 2.48. The van der Waals surface area contributed by atoms with Gasteiger partial charge in [0.15, 0.2) is 4.34 Å². The minimum Gasteiger partial charge on any atom is -0.311 e. The normalized spacial score (nSPS) is 14.4. The second-order valence-corrected chi connectivity index (χ2v) is 7.56. The molecule has 1 atom stereocenters. The fourth-order valence-corrected chi connectivity index (χ4v) is 2.96. The van der Waals surface area contributed by atoms with E-state index in [1.165, 1.54) is 0 Å². The van der Waals surface area contributed by atoms with Crippen LogP contribution in [0.1, 0.15) is 34.6 Å². The number of rotatable bonds is 5. The summed E-state index contributed by atoms with van der Waals surface area (Å²) in [5.41, 5.74) is 1.96. The third-order valence-electron chi connectivity index (χ3n) is 2.17. The number of aromatic nitrogens is 2. The summed E-state index contributed by atoms with van der Waals surface area (Å²) in [5.74, 6) is 0.628. The van der Waals surface area contributed by atoms with Crippen LogP contribution in [0.25, 0.3) is 0 Å². The molecule has 0 bridgehead atoms. The summed E-state index contributed by atoms with van der Waals surface area (Å²) in [7, 11) is 0. The molecule has 0 aromatic carbocycles. The van der Waals surface area contributed by atoms with Gasteiger partial charge in [0.2, 0.25) is 0 Å². The molecule has 16 heavy (non-hydrogen) atoms. The highest BCUT2D eigenvalue weighted by molar-refractivity contribution is 8.01. The summed E-state index contributed by atoms with van der Waals surface area (Å²) in [6.07, 6.45) is 0. The van der Waals surface area contributed by atoms with E-state index in [4.69, 9.17) is 0 Å². The van der Waals surface area contributed by atoms with Gasteiger partial charge < -0.3 is 5.32 Å². The van der Waals surface area contributed by atoms with Crippen LogP contribution in [0.3, 0.4) is 0 Å². The predicted octanol–water partition coefficient (Wildman–Crippen LogP) is 3.04. The highest BCUT2D eigenvalue weighted by atomic mass is 32.2. The minimum absolute atomic E-state index is 0.175. The molecule has 5 heteroatoms. The Bertz CT molecular complexity index is 291. The van der Waals surface area contributed by atoms with Crippen LogP contribution in [0.2, 0.25) is 0 Å². The van der Waals surface area contributed by atoms with Gasteiger partial charge in [0, 0.05) is 17.3 Å². The summed E-state index contributed by atoms with van der Waals surface area (Å²) >= 11 is 3.44. The van der Waals surface area contributed by atoms with Crippen LogP contribution in [0, 0.1) is 5.92 Å². The fraction of sp³-hybridized carbons (Fsp3) is 0.818. The van der Waals surface area contributed by atoms with Crippen molar-refractivity contribution in [3.63, 3.8) is 0 Å². The predicted molar refractivity (Wildman–Crippen MR) is 72.1 cm³/mol. The van der Waals surface area contributed by atoms with Gasteiger partial charge in [-0.25, -0.2) is 0 Å². The van der Waals surface area contributed by atoms with E-state index in [0.29, 0.717) is 11.2 Å². The summed E-state index contributed by atoms with van der Waals surface area (Å²) in [5, 5.41) is 12.1. The first-order valence-electron chi connectivity index (χ1n) is 5.56. The standard InChI is InChI=1S/C11H21N3S2/c1-8(2)9(6-12-11(3,4)5)16-10-14-13-7-15-10/h7-9,12H,6H2,1-5H3. The van der Waals surface area contributed by atoms with Crippen LogP contribution in [-0.4, -0.2) is 27.5 Å². The van der Waals surface area contributed by atoms with Crippen LogP contribution in [0.15, 0.2) is 9.85 Å². The van der Waals surface area contributed by atoms with Crippen LogP contribution >= 0.6 is 23.1 Å². The zero-order valence-electron chi connectivity index (χ0n) is 10.7. The van der Waals surface area contributed by atoms with Crippen molar-refractivity contribution in [1.82, 2.24) is 15.5 Å². The fourth-order valence-electron chi connectivity index (χ4n) is 1.16. The van der Waals surface area contributed by atoms with E-state index in [9.17, 15) is 0 Å². The second-order valence-electron chi connectivity index (χ2n) is 5.24. The first kappa shape index (κ1) is 13.9. The number of nitrogens with zero attached hydrogens (tertiary/aromatic N) is 2. The van der Waals surface area contributed by atoms with Crippen molar-refractivity contribution in [1.29, 1.82) is 0 Å². The lowest BCUT2D eigenvalue weighted by Gasteiger charge is -2.26. The average molecular weight is 259 g/mol. The van der Waals surface area contributed by atoms with Crippen LogP contribution in [0.4, 0.5) is 0 Å². The van der Waals surface area contributed by atoms with Crippen molar-refractivity contribution in [2.75, 3.05) is 6.54 Å². The highest BCUT2D eigenvalue weighted by Crippen LogP contribution is 2.28. The van der Waals surface area contributed by atoms with Crippen molar-refractivity contribution < 1.29 is 0 Å². The highest BCUT2D eigenvalue weighted by Gasteiger charge is 2.19. The SMILES string of the molecule is CC(C)C(CNC(C)(C)C)Sc1nncs1. The van der Waals surface area contributed by atoms with E-state index in [1.54, 1.807) is 16.8 Å². The zero-order chi connectivity index (χ0) is 12.2. The van der Waals surface area contributed by atoms with Gasteiger partial charge in [0.25, 0.3) is 0 Å². The molecule has 0 spiro atoms. The van der Waals surface area contributed by atoms with Crippen molar-refractivity contribution >= 4 is 23.1 Å². The maximum atomic E-state index is 4.09. The Morgan fingerprint density at radius 1 is 1.44 bits per heavy atom. The quantitative estimate of drug-likeness (QED) is 0.825. The molecule has 3 nitrogen and oxygen atoms in total. The summed E-state index contributed by atoms with van der Waals surface area (Å²) in [6, 6.07) is 0. The van der Waals surface area contributed by atoms with Crippen LogP contribution < -0.4 is 5.32 Å². The number of hydrogen-bond acceptors (Lipinski definition) is 5. The van der Waals surface area contributed by atoms with Gasteiger partial charge in [-0.05, 0) is 26.7 Å². The van der Waals surface area contributed by atoms with Gasteiger partial charge in [-0.15, -0.1) is 10.2 Å². The molecule has 0 saturated carbocycles. The number of nitrogens with one attached hydrogen (secondary N) is 1. The summed E-state index contributed by atoms with van der Waals surface area (Å²) in [4.78, 5) is 0. The smallest absolute Gasteiger partial charge is 0.174 e. The van der Waals surface area contributed by atoms with Crippen LogP contribution in [0.5, 0.6) is 0 Å². The Hall–Kier alpha value is -0.130. The van der Waals surface area contributed by atoms with Crippen molar-refractivity contribution in [3.8, 4) is 0 Å². The van der Waals surface area contributed by atoms with Gasteiger partial charge in [-0.1, -0.05) is 36.9 Å². The lowest BCUT2D eigenvalue weighted by molar-refractivity contribution is 0.408. The summed E-state index contributed by atoms with van der Waals surface area (Å²) in [6.45, 7) is 12.1. The van der Waals surface area contributed by atoms with Crippen LogP contribution in [-0.2, 0) is 0 Å². The zero-order valence-corrected chi connectivity index (χ0v) is 12.3. The molecule has 1 aromatic rings. The molecule has 1 N–H and O–H groups in total. The van der Waals surface area contributed by atoms with Gasteiger partial charge >= 0.3 is 0 Å². The lowest BCUT2D eigenvalue weighted by atomic mass is 10.1. The van der Waals surface area contributed by atoms with Crippen molar-refractivity contribution in [3.05, 3.63) is 5.51 Å². The Morgan fingerprint density at radius 2 is 2.12 bits per heavy atom. The number of thioether (sulfide) groups is 1. The van der Waals surface area contributed by atoms with Crippen molar-refractivity contribution in [2.24, 2.45) is 5.92 Å². The van der Waals surface area contributed by atoms with E-state index in [2.05, 4.69) is 50.1 Å². The van der Waals surface area contributed by atoms with E-state index in [-0.39, 0.29) is 5.54 Å². The Morgan fingerprint density at radius 3 is 2.56 bits per heavy atom. The van der Waals surface area contributed by atoms with E-state index < -0.39 is 0 Å². The molecule has 92 valence electrons. The average Bonchev–Trinajstić information content (AvgIpc) is 2.62. The third kappa shape index (κ3) is 5.27. The molecular formula is C11H21N3S2. The molecule has 0 aliphatic carbocycles. The third-order valence-corrected chi connectivity index (χ3v) is 4.53. The monoisotopic (exact) mass is 259 g/mol. The molecule has 0 saturated heterocycles. The van der Waals surface area contributed by atoms with Gasteiger partial charge in [0.05, 0.1) is 0 Å². The summed E-state index contributed by atoms with van der Waals surface area (Å²) < 4.78 is 1.06.